The third kappa shape index (κ3) is 4.98. The Morgan fingerprint density at radius 3 is 2.62 bits per heavy atom. The van der Waals surface area contributed by atoms with Crippen LogP contribution in [-0.4, -0.2) is 18.5 Å². The second-order valence-electron chi connectivity index (χ2n) is 6.88. The molecule has 3 aromatic rings. The molecule has 0 N–H and O–H groups in total. The lowest BCUT2D eigenvalue weighted by atomic mass is 10.1. The lowest BCUT2D eigenvalue weighted by Crippen LogP contribution is -2.05. The van der Waals surface area contributed by atoms with Gasteiger partial charge in [0.1, 0.15) is 12.4 Å². The molecule has 4 rings (SSSR count). The van der Waals surface area contributed by atoms with Crippen molar-refractivity contribution < 1.29 is 23.4 Å². The van der Waals surface area contributed by atoms with Gasteiger partial charge in [0.25, 0.3) is 0 Å². The van der Waals surface area contributed by atoms with Crippen LogP contribution in [0.3, 0.4) is 0 Å². The number of ether oxygens (including phenoxy) is 3. The summed E-state index contributed by atoms with van der Waals surface area (Å²) in [7, 11) is 0. The van der Waals surface area contributed by atoms with Crippen molar-refractivity contribution in [2.75, 3.05) is 6.61 Å². The smallest absolute Gasteiger partial charge is 0.363 e. The minimum atomic E-state index is -0.552. The number of carbonyl (C=O) groups is 1. The maximum absolute atomic E-state index is 13.4. The van der Waals surface area contributed by atoms with Gasteiger partial charge in [0, 0.05) is 5.56 Å². The summed E-state index contributed by atoms with van der Waals surface area (Å²) < 4.78 is 30.2. The summed E-state index contributed by atoms with van der Waals surface area (Å²) in [5.74, 6) is 0.0877. The van der Waals surface area contributed by atoms with E-state index >= 15 is 0 Å². The van der Waals surface area contributed by atoms with Crippen LogP contribution in [0.4, 0.5) is 4.39 Å². The van der Waals surface area contributed by atoms with Crippen LogP contribution in [0.15, 0.2) is 77.4 Å². The summed E-state index contributed by atoms with van der Waals surface area (Å²) in [6.07, 6.45) is 1.57. The molecule has 0 amide bonds. The molecule has 0 atom stereocenters. The average molecular weight is 452 g/mol. The molecule has 7 heteroatoms. The maximum Gasteiger partial charge on any atom is 0.363 e. The third-order valence-electron chi connectivity index (χ3n) is 4.55. The fraction of sp³-hybridized carbons (Fsp3) is 0.120. The highest BCUT2D eigenvalue weighted by Gasteiger charge is 2.24. The van der Waals surface area contributed by atoms with Gasteiger partial charge in [-0.1, -0.05) is 41.9 Å². The zero-order valence-electron chi connectivity index (χ0n) is 17.2. The number of hydrogen-bond donors (Lipinski definition) is 0. The van der Waals surface area contributed by atoms with E-state index in [0.717, 1.165) is 0 Å². The summed E-state index contributed by atoms with van der Waals surface area (Å²) >= 11 is 6.45. The Kier molecular flexibility index (Phi) is 6.52. The number of carbonyl (C=O) groups excluding carboxylic acids is 1. The molecule has 0 spiro atoms. The highest BCUT2D eigenvalue weighted by atomic mass is 35.5. The van der Waals surface area contributed by atoms with E-state index in [4.69, 9.17) is 25.8 Å². The normalized spacial score (nSPS) is 14.3. The number of cyclic esters (lactones) is 1. The van der Waals surface area contributed by atoms with Crippen LogP contribution in [0.1, 0.15) is 23.6 Å². The fourth-order valence-electron chi connectivity index (χ4n) is 3.13. The molecule has 1 heterocycles. The van der Waals surface area contributed by atoms with E-state index in [1.165, 1.54) is 12.1 Å². The monoisotopic (exact) mass is 451 g/mol. The third-order valence-corrected chi connectivity index (χ3v) is 4.83. The number of halogens is 2. The van der Waals surface area contributed by atoms with Gasteiger partial charge in [-0.3, -0.25) is 0 Å². The number of aliphatic imine (C=N–C) groups is 1. The predicted molar refractivity (Wildman–Crippen MR) is 120 cm³/mol. The van der Waals surface area contributed by atoms with Crippen LogP contribution in [0.25, 0.3) is 6.08 Å². The number of nitrogens with zero attached hydrogens (tertiary/aromatic N) is 1. The predicted octanol–water partition coefficient (Wildman–Crippen LogP) is 5.80. The average Bonchev–Trinajstić information content (AvgIpc) is 3.14. The van der Waals surface area contributed by atoms with E-state index in [1.807, 2.05) is 37.3 Å². The molecule has 0 unspecified atom stereocenters. The number of benzene rings is 3. The Morgan fingerprint density at radius 1 is 1.06 bits per heavy atom. The molecular weight excluding hydrogens is 433 g/mol. The second-order valence-corrected chi connectivity index (χ2v) is 7.29. The first-order valence-electron chi connectivity index (χ1n) is 9.95. The summed E-state index contributed by atoms with van der Waals surface area (Å²) in [5.41, 5.74) is 2.11. The standard InChI is InChI=1S/C25H19ClFNO4/c1-2-30-22-14-17(12-20(26)23(22)31-15-16-7-6-10-19(27)11-16)13-21-25(29)32-24(28-21)18-8-4-3-5-9-18/h3-14H,2,15H2,1H3. The first-order chi connectivity index (χ1) is 15.5. The van der Waals surface area contributed by atoms with Crippen LogP contribution >= 0.6 is 11.6 Å². The van der Waals surface area contributed by atoms with Gasteiger partial charge >= 0.3 is 5.97 Å². The summed E-state index contributed by atoms with van der Waals surface area (Å²) in [5, 5.41) is 0.290. The molecule has 5 nitrogen and oxygen atoms in total. The lowest BCUT2D eigenvalue weighted by Gasteiger charge is -2.14. The van der Waals surface area contributed by atoms with Crippen LogP contribution in [0.5, 0.6) is 11.5 Å². The zero-order chi connectivity index (χ0) is 22.5. The highest BCUT2D eigenvalue weighted by molar-refractivity contribution is 6.32. The van der Waals surface area contributed by atoms with Gasteiger partial charge in [-0.25, -0.2) is 14.2 Å². The van der Waals surface area contributed by atoms with Crippen molar-refractivity contribution in [2.24, 2.45) is 4.99 Å². The van der Waals surface area contributed by atoms with Crippen LogP contribution in [0.2, 0.25) is 5.02 Å². The fourth-order valence-corrected chi connectivity index (χ4v) is 3.40. The van der Waals surface area contributed by atoms with E-state index < -0.39 is 5.97 Å². The number of rotatable bonds is 7. The van der Waals surface area contributed by atoms with Gasteiger partial charge in [0.15, 0.2) is 17.2 Å². The molecule has 0 radical (unpaired) electrons. The number of hydrogen-bond acceptors (Lipinski definition) is 5. The zero-order valence-corrected chi connectivity index (χ0v) is 17.9. The first kappa shape index (κ1) is 21.6. The van der Waals surface area contributed by atoms with Crippen molar-refractivity contribution >= 4 is 29.5 Å². The lowest BCUT2D eigenvalue weighted by molar-refractivity contribution is -0.129. The molecule has 3 aromatic carbocycles. The van der Waals surface area contributed by atoms with Gasteiger partial charge in [0.05, 0.1) is 11.6 Å². The Balaban J connectivity index is 1.61. The molecule has 0 fully saturated rings. The molecular formula is C25H19ClFNO4. The molecule has 1 aliphatic rings. The molecule has 162 valence electrons. The van der Waals surface area contributed by atoms with E-state index in [-0.39, 0.29) is 29.0 Å². The Labute approximate surface area is 189 Å². The summed E-state index contributed by atoms with van der Waals surface area (Å²) in [6.45, 7) is 2.33. The van der Waals surface area contributed by atoms with E-state index in [0.29, 0.717) is 34.8 Å². The van der Waals surface area contributed by atoms with E-state index in [1.54, 1.807) is 30.3 Å². The van der Waals surface area contributed by atoms with Crippen molar-refractivity contribution in [3.05, 3.63) is 100.0 Å². The quantitative estimate of drug-likeness (QED) is 0.336. The van der Waals surface area contributed by atoms with E-state index in [9.17, 15) is 9.18 Å². The largest absolute Gasteiger partial charge is 0.490 e. The molecule has 1 aliphatic heterocycles. The Hall–Kier alpha value is -3.64. The summed E-state index contributed by atoms with van der Waals surface area (Å²) in [4.78, 5) is 16.6. The molecule has 0 aromatic heterocycles. The van der Waals surface area contributed by atoms with Crippen molar-refractivity contribution in [3.8, 4) is 11.5 Å². The second kappa shape index (κ2) is 9.66. The van der Waals surface area contributed by atoms with Crippen LogP contribution in [-0.2, 0) is 16.1 Å². The summed E-state index contributed by atoms with van der Waals surface area (Å²) in [6, 6.07) is 18.6. The number of esters is 1. The van der Waals surface area contributed by atoms with Crippen molar-refractivity contribution in [3.63, 3.8) is 0 Å². The highest BCUT2D eigenvalue weighted by Crippen LogP contribution is 2.38. The molecule has 0 bridgehead atoms. The van der Waals surface area contributed by atoms with Crippen LogP contribution in [0, 0.1) is 5.82 Å². The van der Waals surface area contributed by atoms with Gasteiger partial charge in [-0.2, -0.15) is 0 Å². The SMILES string of the molecule is CCOc1cc(C=C2N=C(c3ccccc3)OC2=O)cc(Cl)c1OCc1cccc(F)c1. The van der Waals surface area contributed by atoms with Gasteiger partial charge in [0.2, 0.25) is 5.90 Å². The van der Waals surface area contributed by atoms with Crippen LogP contribution < -0.4 is 9.47 Å². The van der Waals surface area contributed by atoms with Crippen molar-refractivity contribution in [2.45, 2.75) is 13.5 Å². The maximum atomic E-state index is 13.4. The minimum absolute atomic E-state index is 0.120. The molecule has 0 aliphatic carbocycles. The van der Waals surface area contributed by atoms with Crippen molar-refractivity contribution in [1.29, 1.82) is 0 Å². The Bertz CT molecular complexity index is 1210. The van der Waals surface area contributed by atoms with E-state index in [2.05, 4.69) is 4.99 Å². The van der Waals surface area contributed by atoms with Gasteiger partial charge in [-0.15, -0.1) is 0 Å². The topological polar surface area (TPSA) is 57.1 Å². The van der Waals surface area contributed by atoms with Crippen molar-refractivity contribution in [1.82, 2.24) is 0 Å². The molecule has 0 saturated carbocycles. The Morgan fingerprint density at radius 2 is 1.88 bits per heavy atom. The van der Waals surface area contributed by atoms with Gasteiger partial charge < -0.3 is 14.2 Å². The molecule has 0 saturated heterocycles. The van der Waals surface area contributed by atoms with Gasteiger partial charge in [-0.05, 0) is 60.5 Å². The first-order valence-corrected chi connectivity index (χ1v) is 10.3. The molecule has 32 heavy (non-hydrogen) atoms. The minimum Gasteiger partial charge on any atom is -0.490 e.